The number of ether oxygens (including phenoxy) is 1. The van der Waals surface area contributed by atoms with Crippen LogP contribution in [0.15, 0.2) is 35.1 Å². The van der Waals surface area contributed by atoms with Crippen LogP contribution in [0.25, 0.3) is 0 Å². The summed E-state index contributed by atoms with van der Waals surface area (Å²) in [4.78, 5) is 8.38. The highest BCUT2D eigenvalue weighted by atomic mass is 79.9. The quantitative estimate of drug-likeness (QED) is 0.841. The van der Waals surface area contributed by atoms with Gasteiger partial charge in [-0.1, -0.05) is 0 Å². The molecular weight excluding hydrogens is 268 g/mol. The molecule has 16 heavy (non-hydrogen) atoms. The van der Waals surface area contributed by atoms with Crippen LogP contribution >= 0.6 is 15.9 Å². The normalized spacial score (nSPS) is 10.2. The molecule has 0 amide bonds. The van der Waals surface area contributed by atoms with Crippen LogP contribution in [0.1, 0.15) is 11.3 Å². The third-order valence-corrected chi connectivity index (χ3v) is 2.60. The molecule has 2 heterocycles. The molecule has 2 rings (SSSR count). The summed E-state index contributed by atoms with van der Waals surface area (Å²) in [5, 5.41) is 0. The molecule has 4 heteroatoms. The molecule has 2 aromatic heterocycles. The maximum Gasteiger partial charge on any atom is 0.222 e. The fourth-order valence-electron chi connectivity index (χ4n) is 1.32. The minimum atomic E-state index is 0.610. The van der Waals surface area contributed by atoms with Crippen LogP contribution in [0.4, 0.5) is 0 Å². The highest BCUT2D eigenvalue weighted by Gasteiger charge is 2.05. The van der Waals surface area contributed by atoms with Gasteiger partial charge in [-0.15, -0.1) is 0 Å². The smallest absolute Gasteiger partial charge is 0.222 e. The Morgan fingerprint density at radius 3 is 2.75 bits per heavy atom. The van der Waals surface area contributed by atoms with Gasteiger partial charge in [-0.3, -0.25) is 4.98 Å². The van der Waals surface area contributed by atoms with E-state index in [-0.39, 0.29) is 0 Å². The van der Waals surface area contributed by atoms with Crippen molar-refractivity contribution >= 4 is 15.9 Å². The van der Waals surface area contributed by atoms with Crippen molar-refractivity contribution in [2.45, 2.75) is 13.8 Å². The Kier molecular flexibility index (Phi) is 3.19. The van der Waals surface area contributed by atoms with Crippen LogP contribution in [0, 0.1) is 13.8 Å². The van der Waals surface area contributed by atoms with Gasteiger partial charge in [0.05, 0.1) is 5.69 Å². The minimum absolute atomic E-state index is 0.610. The van der Waals surface area contributed by atoms with Crippen LogP contribution in [0.3, 0.4) is 0 Å². The third kappa shape index (κ3) is 2.39. The second-order valence-corrected chi connectivity index (χ2v) is 4.38. The summed E-state index contributed by atoms with van der Waals surface area (Å²) in [7, 11) is 0. The summed E-state index contributed by atoms with van der Waals surface area (Å²) in [6, 6.07) is 5.69. The number of aromatic nitrogens is 2. The summed E-state index contributed by atoms with van der Waals surface area (Å²) in [5.41, 5.74) is 1.84. The molecule has 0 N–H and O–H groups in total. The Morgan fingerprint density at radius 1 is 1.25 bits per heavy atom. The van der Waals surface area contributed by atoms with E-state index in [2.05, 4.69) is 25.9 Å². The lowest BCUT2D eigenvalue weighted by Gasteiger charge is -2.08. The molecule has 0 aliphatic carbocycles. The van der Waals surface area contributed by atoms with Crippen molar-refractivity contribution in [3.8, 4) is 11.6 Å². The molecule has 82 valence electrons. The molecule has 0 radical (unpaired) electrons. The molecule has 0 unspecified atom stereocenters. The zero-order chi connectivity index (χ0) is 11.5. The Balaban J connectivity index is 2.31. The zero-order valence-electron chi connectivity index (χ0n) is 9.07. The summed E-state index contributed by atoms with van der Waals surface area (Å²) >= 11 is 3.37. The van der Waals surface area contributed by atoms with E-state index in [1.807, 2.05) is 32.0 Å². The monoisotopic (exact) mass is 278 g/mol. The van der Waals surface area contributed by atoms with Crippen molar-refractivity contribution in [3.63, 3.8) is 0 Å². The summed E-state index contributed by atoms with van der Waals surface area (Å²) in [6.45, 7) is 3.86. The van der Waals surface area contributed by atoms with E-state index in [0.717, 1.165) is 21.5 Å². The number of hydrogen-bond donors (Lipinski definition) is 0. The number of aryl methyl sites for hydroxylation is 2. The van der Waals surface area contributed by atoms with Crippen molar-refractivity contribution in [3.05, 3.63) is 46.3 Å². The number of pyridine rings is 2. The molecule has 0 fully saturated rings. The topological polar surface area (TPSA) is 35.0 Å². The third-order valence-electron chi connectivity index (χ3n) is 2.16. The van der Waals surface area contributed by atoms with Gasteiger partial charge >= 0.3 is 0 Å². The molecule has 0 atom stereocenters. The van der Waals surface area contributed by atoms with Crippen LogP contribution in [-0.4, -0.2) is 9.97 Å². The van der Waals surface area contributed by atoms with Crippen LogP contribution < -0.4 is 4.74 Å². The Bertz CT molecular complexity index is 514. The van der Waals surface area contributed by atoms with Crippen molar-refractivity contribution in [1.29, 1.82) is 0 Å². The second-order valence-electron chi connectivity index (χ2n) is 3.46. The number of rotatable bonds is 2. The molecule has 0 saturated heterocycles. The van der Waals surface area contributed by atoms with E-state index in [9.17, 15) is 0 Å². The maximum atomic E-state index is 5.70. The van der Waals surface area contributed by atoms with E-state index in [4.69, 9.17) is 4.74 Å². The van der Waals surface area contributed by atoms with Crippen molar-refractivity contribution < 1.29 is 4.74 Å². The summed E-state index contributed by atoms with van der Waals surface area (Å²) < 4.78 is 6.65. The molecule has 0 saturated carbocycles. The Labute approximate surface area is 103 Å². The van der Waals surface area contributed by atoms with Gasteiger partial charge in [0.1, 0.15) is 0 Å². The highest BCUT2D eigenvalue weighted by Crippen LogP contribution is 2.25. The predicted molar refractivity (Wildman–Crippen MR) is 65.7 cm³/mol. The van der Waals surface area contributed by atoms with Crippen LogP contribution in [0.2, 0.25) is 0 Å². The fourth-order valence-corrected chi connectivity index (χ4v) is 1.76. The fraction of sp³-hybridized carbons (Fsp3) is 0.167. The summed E-state index contributed by atoms with van der Waals surface area (Å²) in [6.07, 6.45) is 3.46. The maximum absolute atomic E-state index is 5.70. The Morgan fingerprint density at radius 2 is 2.06 bits per heavy atom. The Hall–Kier alpha value is -1.42. The van der Waals surface area contributed by atoms with Gasteiger partial charge in [-0.05, 0) is 48.0 Å². The first-order valence-corrected chi connectivity index (χ1v) is 5.68. The zero-order valence-corrected chi connectivity index (χ0v) is 10.7. The SMILES string of the molecule is Cc1cc(Br)cnc1Oc1cccnc1C. The first kappa shape index (κ1) is 11.1. The standard InChI is InChI=1S/C12H11BrN2O/c1-8-6-10(13)7-15-12(8)16-11-4-3-5-14-9(11)2/h3-7H,1-2H3. The molecule has 0 aliphatic heterocycles. The van der Waals surface area contributed by atoms with Gasteiger partial charge in [0.15, 0.2) is 5.75 Å². The molecular formula is C12H11BrN2O. The lowest BCUT2D eigenvalue weighted by atomic mass is 10.3. The first-order valence-electron chi connectivity index (χ1n) is 4.88. The average Bonchev–Trinajstić information content (AvgIpc) is 2.25. The van der Waals surface area contributed by atoms with Gasteiger partial charge < -0.3 is 4.74 Å². The molecule has 0 aromatic carbocycles. The lowest BCUT2D eigenvalue weighted by Crippen LogP contribution is -1.94. The van der Waals surface area contributed by atoms with E-state index in [1.165, 1.54) is 0 Å². The summed E-state index contributed by atoms with van der Waals surface area (Å²) in [5.74, 6) is 1.35. The average molecular weight is 279 g/mol. The van der Waals surface area contributed by atoms with Gasteiger partial charge in [0.2, 0.25) is 5.88 Å². The van der Waals surface area contributed by atoms with Crippen molar-refractivity contribution in [2.75, 3.05) is 0 Å². The minimum Gasteiger partial charge on any atom is -0.437 e. The molecule has 3 nitrogen and oxygen atoms in total. The highest BCUT2D eigenvalue weighted by molar-refractivity contribution is 9.10. The number of hydrogen-bond acceptors (Lipinski definition) is 3. The molecule has 0 aliphatic rings. The van der Waals surface area contributed by atoms with E-state index in [1.54, 1.807) is 12.4 Å². The molecule has 0 spiro atoms. The predicted octanol–water partition coefficient (Wildman–Crippen LogP) is 3.65. The van der Waals surface area contributed by atoms with Crippen LogP contribution in [0.5, 0.6) is 11.6 Å². The second kappa shape index (κ2) is 4.61. The van der Waals surface area contributed by atoms with Gasteiger partial charge in [-0.2, -0.15) is 0 Å². The lowest BCUT2D eigenvalue weighted by molar-refractivity contribution is 0.452. The first-order chi connectivity index (χ1) is 7.66. The van der Waals surface area contributed by atoms with E-state index in [0.29, 0.717) is 5.88 Å². The van der Waals surface area contributed by atoms with Gasteiger partial charge in [0, 0.05) is 22.4 Å². The van der Waals surface area contributed by atoms with Crippen molar-refractivity contribution in [2.24, 2.45) is 0 Å². The number of halogens is 1. The van der Waals surface area contributed by atoms with E-state index < -0.39 is 0 Å². The van der Waals surface area contributed by atoms with E-state index >= 15 is 0 Å². The number of nitrogens with zero attached hydrogens (tertiary/aromatic N) is 2. The molecule has 0 bridgehead atoms. The van der Waals surface area contributed by atoms with Gasteiger partial charge in [-0.25, -0.2) is 4.98 Å². The van der Waals surface area contributed by atoms with Crippen LogP contribution in [-0.2, 0) is 0 Å². The van der Waals surface area contributed by atoms with Gasteiger partial charge in [0.25, 0.3) is 0 Å². The molecule has 2 aromatic rings. The largest absolute Gasteiger partial charge is 0.437 e. The van der Waals surface area contributed by atoms with Crippen molar-refractivity contribution in [1.82, 2.24) is 9.97 Å².